The molecule has 1 atom stereocenters. The average Bonchev–Trinajstić information content (AvgIpc) is 2.70. The van der Waals surface area contributed by atoms with E-state index in [1.807, 2.05) is 31.2 Å². The van der Waals surface area contributed by atoms with Gasteiger partial charge in [0.05, 0.1) is 28.4 Å². The van der Waals surface area contributed by atoms with Crippen LogP contribution in [-0.4, -0.2) is 47.9 Å². The fourth-order valence-electron chi connectivity index (χ4n) is 3.25. The van der Waals surface area contributed by atoms with Crippen LogP contribution in [0.15, 0.2) is 42.5 Å². The summed E-state index contributed by atoms with van der Waals surface area (Å²) in [4.78, 5) is 17.0. The van der Waals surface area contributed by atoms with Crippen LogP contribution in [0, 0.1) is 17.1 Å². The van der Waals surface area contributed by atoms with E-state index in [0.717, 1.165) is 32.7 Å². The zero-order valence-electron chi connectivity index (χ0n) is 15.7. The molecule has 1 saturated heterocycles. The van der Waals surface area contributed by atoms with E-state index in [-0.39, 0.29) is 17.0 Å². The number of carbonyl (C=O) groups excluding carboxylic acids is 1. The summed E-state index contributed by atoms with van der Waals surface area (Å²) in [5, 5.41) is 11.8. The Bertz CT molecular complexity index is 873. The van der Waals surface area contributed by atoms with E-state index >= 15 is 0 Å². The average molecular weight is 401 g/mol. The molecule has 0 aromatic heterocycles. The van der Waals surface area contributed by atoms with Crippen molar-refractivity contribution in [3.8, 4) is 6.07 Å². The van der Waals surface area contributed by atoms with Crippen molar-refractivity contribution in [2.75, 3.05) is 31.5 Å². The fraction of sp³-hybridized carbons (Fsp3) is 0.333. The number of carbonyl (C=O) groups is 1. The van der Waals surface area contributed by atoms with Gasteiger partial charge in [0.1, 0.15) is 5.82 Å². The van der Waals surface area contributed by atoms with Gasteiger partial charge in [0.25, 0.3) is 0 Å². The molecule has 3 rings (SSSR count). The van der Waals surface area contributed by atoms with Crippen molar-refractivity contribution in [1.82, 2.24) is 9.80 Å². The molecule has 2 aromatic carbocycles. The lowest BCUT2D eigenvalue weighted by molar-refractivity contribution is -0.121. The van der Waals surface area contributed by atoms with Crippen molar-refractivity contribution in [2.24, 2.45) is 0 Å². The highest BCUT2D eigenvalue weighted by Gasteiger charge is 2.26. The molecule has 0 radical (unpaired) electrons. The van der Waals surface area contributed by atoms with Gasteiger partial charge in [-0.05, 0) is 42.8 Å². The Morgan fingerprint density at radius 1 is 1.21 bits per heavy atom. The number of nitrogens with zero attached hydrogens (tertiary/aromatic N) is 3. The van der Waals surface area contributed by atoms with Crippen molar-refractivity contribution in [1.29, 1.82) is 5.26 Å². The molecule has 5 nitrogen and oxygen atoms in total. The number of benzene rings is 2. The predicted molar refractivity (Wildman–Crippen MR) is 108 cm³/mol. The molecular weight excluding hydrogens is 379 g/mol. The first kappa shape index (κ1) is 20.3. The second-order valence-corrected chi connectivity index (χ2v) is 7.32. The number of rotatable bonds is 5. The van der Waals surface area contributed by atoms with Gasteiger partial charge in [-0.25, -0.2) is 4.39 Å². The van der Waals surface area contributed by atoms with Gasteiger partial charge in [-0.2, -0.15) is 5.26 Å². The fourth-order valence-corrected chi connectivity index (χ4v) is 3.46. The van der Waals surface area contributed by atoms with E-state index in [4.69, 9.17) is 16.9 Å². The van der Waals surface area contributed by atoms with Gasteiger partial charge in [0.2, 0.25) is 5.91 Å². The Labute approximate surface area is 169 Å². The summed E-state index contributed by atoms with van der Waals surface area (Å²) in [6, 6.07) is 13.4. The highest BCUT2D eigenvalue weighted by molar-refractivity contribution is 6.33. The van der Waals surface area contributed by atoms with Crippen molar-refractivity contribution in [3.05, 3.63) is 64.4 Å². The molecule has 1 N–H and O–H groups in total. The molecule has 0 bridgehead atoms. The van der Waals surface area contributed by atoms with E-state index < -0.39 is 5.82 Å². The smallest absolute Gasteiger partial charge is 0.241 e. The van der Waals surface area contributed by atoms with E-state index in [0.29, 0.717) is 11.3 Å². The molecule has 1 amide bonds. The third-order valence-corrected chi connectivity index (χ3v) is 5.32. The second-order valence-electron chi connectivity index (χ2n) is 6.91. The van der Waals surface area contributed by atoms with Gasteiger partial charge in [-0.1, -0.05) is 23.7 Å². The van der Waals surface area contributed by atoms with Gasteiger partial charge < -0.3 is 5.32 Å². The predicted octanol–water partition coefficient (Wildman–Crippen LogP) is 3.50. The minimum atomic E-state index is -0.436. The van der Waals surface area contributed by atoms with E-state index in [2.05, 4.69) is 21.2 Å². The molecule has 2 aromatic rings. The number of hydrogen-bond donors (Lipinski definition) is 1. The van der Waals surface area contributed by atoms with Crippen LogP contribution in [0.2, 0.25) is 5.02 Å². The Morgan fingerprint density at radius 2 is 1.89 bits per heavy atom. The molecule has 28 heavy (non-hydrogen) atoms. The highest BCUT2D eigenvalue weighted by Crippen LogP contribution is 2.23. The van der Waals surface area contributed by atoms with Crippen molar-refractivity contribution in [3.63, 3.8) is 0 Å². The molecule has 7 heteroatoms. The molecular formula is C21H22ClFN4O. The Morgan fingerprint density at radius 3 is 2.50 bits per heavy atom. The van der Waals surface area contributed by atoms with Crippen molar-refractivity contribution in [2.45, 2.75) is 19.5 Å². The Kier molecular flexibility index (Phi) is 6.63. The lowest BCUT2D eigenvalue weighted by Crippen LogP contribution is -2.52. The SMILES string of the molecule is CC(C(=O)Nc1ccc(F)cc1Cl)N1CCN(Cc2ccc(C#N)cc2)CC1. The summed E-state index contributed by atoms with van der Waals surface area (Å²) in [5.74, 6) is -0.594. The quantitative estimate of drug-likeness (QED) is 0.834. The number of amides is 1. The normalized spacial score (nSPS) is 16.4. The van der Waals surface area contributed by atoms with Crippen LogP contribution in [0.1, 0.15) is 18.1 Å². The van der Waals surface area contributed by atoms with Gasteiger partial charge in [-0.3, -0.25) is 14.6 Å². The summed E-state index contributed by atoms with van der Waals surface area (Å²) < 4.78 is 13.1. The van der Waals surface area contributed by atoms with Crippen LogP contribution in [0.25, 0.3) is 0 Å². The third kappa shape index (κ3) is 5.08. The maximum Gasteiger partial charge on any atom is 0.241 e. The highest BCUT2D eigenvalue weighted by atomic mass is 35.5. The molecule has 0 aliphatic carbocycles. The van der Waals surface area contributed by atoms with Crippen LogP contribution < -0.4 is 5.32 Å². The Balaban J connectivity index is 1.50. The number of hydrogen-bond acceptors (Lipinski definition) is 4. The van der Waals surface area contributed by atoms with Crippen LogP contribution in [0.3, 0.4) is 0 Å². The standard InChI is InChI=1S/C21H22ClFN4O/c1-15(21(28)25-20-7-6-18(23)12-19(20)22)27-10-8-26(9-11-27)14-17-4-2-16(13-24)3-5-17/h2-7,12,15H,8-11,14H2,1H3,(H,25,28). The van der Waals surface area contributed by atoms with Gasteiger partial charge in [0.15, 0.2) is 0 Å². The summed E-state index contributed by atoms with van der Waals surface area (Å²) in [7, 11) is 0. The van der Waals surface area contributed by atoms with E-state index in [9.17, 15) is 9.18 Å². The Hall–Kier alpha value is -2.46. The molecule has 1 aliphatic rings. The molecule has 1 aliphatic heterocycles. The van der Waals surface area contributed by atoms with Gasteiger partial charge in [0, 0.05) is 32.7 Å². The van der Waals surface area contributed by atoms with Gasteiger partial charge in [-0.15, -0.1) is 0 Å². The van der Waals surface area contributed by atoms with Crippen LogP contribution in [-0.2, 0) is 11.3 Å². The zero-order chi connectivity index (χ0) is 20.1. The minimum absolute atomic E-state index is 0.158. The first-order valence-corrected chi connectivity index (χ1v) is 9.55. The largest absolute Gasteiger partial charge is 0.323 e. The zero-order valence-corrected chi connectivity index (χ0v) is 16.4. The maximum absolute atomic E-state index is 13.1. The van der Waals surface area contributed by atoms with Crippen LogP contribution in [0.4, 0.5) is 10.1 Å². The number of piperazine rings is 1. The topological polar surface area (TPSA) is 59.4 Å². The first-order chi connectivity index (χ1) is 13.5. The van der Waals surface area contributed by atoms with Crippen LogP contribution >= 0.6 is 11.6 Å². The summed E-state index contributed by atoms with van der Waals surface area (Å²) in [6.45, 7) is 5.96. The maximum atomic E-state index is 13.1. The number of halogens is 2. The van der Waals surface area contributed by atoms with Crippen molar-refractivity contribution >= 4 is 23.2 Å². The lowest BCUT2D eigenvalue weighted by atomic mass is 10.1. The minimum Gasteiger partial charge on any atom is -0.323 e. The summed E-state index contributed by atoms with van der Waals surface area (Å²) in [6.07, 6.45) is 0. The molecule has 1 fully saturated rings. The van der Waals surface area contributed by atoms with E-state index in [1.54, 1.807) is 0 Å². The number of nitriles is 1. The van der Waals surface area contributed by atoms with Crippen molar-refractivity contribution < 1.29 is 9.18 Å². The summed E-state index contributed by atoms with van der Waals surface area (Å²) >= 11 is 5.99. The molecule has 1 heterocycles. The number of anilines is 1. The lowest BCUT2D eigenvalue weighted by Gasteiger charge is -2.37. The third-order valence-electron chi connectivity index (χ3n) is 5.01. The van der Waals surface area contributed by atoms with Crippen LogP contribution in [0.5, 0.6) is 0 Å². The monoisotopic (exact) mass is 400 g/mol. The van der Waals surface area contributed by atoms with Gasteiger partial charge >= 0.3 is 0 Å². The number of nitrogens with one attached hydrogen (secondary N) is 1. The summed E-state index contributed by atoms with van der Waals surface area (Å²) in [5.41, 5.74) is 2.25. The first-order valence-electron chi connectivity index (χ1n) is 9.17. The molecule has 146 valence electrons. The second kappa shape index (κ2) is 9.16. The molecule has 1 unspecified atom stereocenters. The molecule has 0 spiro atoms. The molecule has 0 saturated carbocycles. The van der Waals surface area contributed by atoms with E-state index in [1.165, 1.54) is 23.8 Å².